The highest BCUT2D eigenvalue weighted by Gasteiger charge is 2.33. The Morgan fingerprint density at radius 2 is 1.84 bits per heavy atom. The van der Waals surface area contributed by atoms with Gasteiger partial charge in [0.1, 0.15) is 23.3 Å². The summed E-state index contributed by atoms with van der Waals surface area (Å²) in [4.78, 5) is 35.8. The van der Waals surface area contributed by atoms with Crippen molar-refractivity contribution < 1.29 is 23.0 Å². The summed E-state index contributed by atoms with van der Waals surface area (Å²) in [7, 11) is 3.18. The Labute approximate surface area is 255 Å². The van der Waals surface area contributed by atoms with Crippen molar-refractivity contribution >= 4 is 29.5 Å². The minimum atomic E-state index is -2.80. The molecule has 0 radical (unpaired) electrons. The average Bonchev–Trinajstić information content (AvgIpc) is 3.38. The van der Waals surface area contributed by atoms with Crippen molar-refractivity contribution in [3.63, 3.8) is 0 Å². The van der Waals surface area contributed by atoms with Crippen LogP contribution in [0.5, 0.6) is 6.01 Å². The molecule has 1 aliphatic carbocycles. The summed E-state index contributed by atoms with van der Waals surface area (Å²) >= 11 is 6.29. The molecule has 44 heavy (non-hydrogen) atoms. The molecule has 1 saturated carbocycles. The number of nitrogens with one attached hydrogen (secondary N) is 1. The van der Waals surface area contributed by atoms with Gasteiger partial charge in [-0.2, -0.15) is 10.4 Å². The molecule has 1 amide bonds. The lowest BCUT2D eigenvalue weighted by Gasteiger charge is -2.36. The van der Waals surface area contributed by atoms with E-state index in [1.807, 2.05) is 0 Å². The molecular weight excluding hydrogens is 598 g/mol. The number of aryl methyl sites for hydroxylation is 1. The van der Waals surface area contributed by atoms with Gasteiger partial charge in [0.2, 0.25) is 5.95 Å². The Kier molecular flexibility index (Phi) is 9.39. The van der Waals surface area contributed by atoms with Crippen LogP contribution in [0.25, 0.3) is 22.5 Å². The molecule has 0 spiro atoms. The number of hydrogen-bond acceptors (Lipinski definition) is 11. The summed E-state index contributed by atoms with van der Waals surface area (Å²) in [5.41, 5.74) is 2.29. The number of pyridine rings is 1. The molecule has 1 fully saturated rings. The third-order valence-electron chi connectivity index (χ3n) is 6.98. The van der Waals surface area contributed by atoms with Crippen LogP contribution >= 0.6 is 11.6 Å². The number of nitriles is 1. The highest BCUT2D eigenvalue weighted by Crippen LogP contribution is 2.31. The molecule has 228 valence electrons. The smallest absolute Gasteiger partial charge is 0.415 e. The fourth-order valence-corrected chi connectivity index (χ4v) is 5.17. The lowest BCUT2D eigenvalue weighted by atomic mass is 9.90. The second-order valence-electron chi connectivity index (χ2n) is 9.92. The maximum absolute atomic E-state index is 13.0. The van der Waals surface area contributed by atoms with Crippen molar-refractivity contribution in [1.29, 1.82) is 5.26 Å². The molecule has 1 aliphatic rings. The first-order valence-corrected chi connectivity index (χ1v) is 13.9. The van der Waals surface area contributed by atoms with E-state index < -0.39 is 19.1 Å². The van der Waals surface area contributed by atoms with Crippen LogP contribution in [-0.4, -0.2) is 73.0 Å². The normalized spacial score (nSPS) is 16.3. The van der Waals surface area contributed by atoms with Crippen molar-refractivity contribution in [2.45, 2.75) is 44.2 Å². The van der Waals surface area contributed by atoms with Gasteiger partial charge in [-0.3, -0.25) is 9.58 Å². The Bertz CT molecular complexity index is 1640. The molecule has 0 aliphatic heterocycles. The number of anilines is 2. The molecule has 16 heteroatoms. The van der Waals surface area contributed by atoms with Crippen LogP contribution < -0.4 is 15.0 Å². The van der Waals surface area contributed by atoms with E-state index >= 15 is 0 Å². The van der Waals surface area contributed by atoms with E-state index in [4.69, 9.17) is 21.1 Å². The standard InChI is InChI=1S/C28H27ClF2N10O3/c1-40-14-21(29)25(39-40)24-17(9-32)11-34-26(38-24)37-19-4-6-20(7-5-19)41(28(42)44-15-22(30)31)23-8-3-16(10-33-23)18-12-35-27(43-2)36-13-18/h3,8,10-14,19-20,22H,4-7,15H2,1-2H3,(H,34,37,38). The minimum Gasteiger partial charge on any atom is -0.467 e. The van der Waals surface area contributed by atoms with Gasteiger partial charge >= 0.3 is 12.1 Å². The van der Waals surface area contributed by atoms with Gasteiger partial charge in [0, 0.05) is 55.0 Å². The number of amides is 1. The van der Waals surface area contributed by atoms with Crippen LogP contribution in [0.3, 0.4) is 0 Å². The first-order chi connectivity index (χ1) is 21.2. The zero-order valence-electron chi connectivity index (χ0n) is 23.7. The maximum atomic E-state index is 13.0. The molecule has 4 aromatic rings. The Hall–Kier alpha value is -4.97. The van der Waals surface area contributed by atoms with Gasteiger partial charge in [0.05, 0.1) is 23.9 Å². The number of nitrogens with zero attached hydrogens (tertiary/aromatic N) is 9. The zero-order valence-corrected chi connectivity index (χ0v) is 24.4. The van der Waals surface area contributed by atoms with Crippen molar-refractivity contribution in [3.05, 3.63) is 53.7 Å². The SMILES string of the molecule is COc1ncc(-c2ccc(N(C(=O)OCC(F)F)C3CCC(Nc4ncc(C#N)c(-c5nn(C)cc5Cl)n4)CC3)nc2)cn1. The van der Waals surface area contributed by atoms with E-state index in [1.54, 1.807) is 44.0 Å². The molecule has 0 bridgehead atoms. The number of alkyl halides is 2. The van der Waals surface area contributed by atoms with E-state index in [0.717, 1.165) is 0 Å². The van der Waals surface area contributed by atoms with Gasteiger partial charge in [-0.05, 0) is 37.8 Å². The molecule has 5 rings (SSSR count). The van der Waals surface area contributed by atoms with E-state index in [1.165, 1.54) is 22.9 Å². The highest BCUT2D eigenvalue weighted by molar-refractivity contribution is 6.33. The average molecular weight is 625 g/mol. The molecule has 0 atom stereocenters. The lowest BCUT2D eigenvalue weighted by molar-refractivity contribution is 0.0505. The van der Waals surface area contributed by atoms with Crippen LogP contribution in [0.2, 0.25) is 5.02 Å². The molecule has 13 nitrogen and oxygen atoms in total. The molecule has 0 aromatic carbocycles. The van der Waals surface area contributed by atoms with E-state index in [-0.39, 0.29) is 29.5 Å². The molecule has 4 heterocycles. The monoisotopic (exact) mass is 624 g/mol. The molecular formula is C28H27ClF2N10O3. The van der Waals surface area contributed by atoms with Gasteiger partial charge in [-0.25, -0.2) is 38.5 Å². The second-order valence-corrected chi connectivity index (χ2v) is 10.3. The lowest BCUT2D eigenvalue weighted by Crippen LogP contribution is -2.45. The number of methoxy groups -OCH3 is 1. The number of halogens is 3. The van der Waals surface area contributed by atoms with E-state index in [9.17, 15) is 18.8 Å². The number of ether oxygens (including phenoxy) is 2. The van der Waals surface area contributed by atoms with Gasteiger partial charge in [-0.15, -0.1) is 0 Å². The number of hydrogen-bond donors (Lipinski definition) is 1. The van der Waals surface area contributed by atoms with E-state index in [2.05, 4.69) is 41.4 Å². The third-order valence-corrected chi connectivity index (χ3v) is 7.26. The Morgan fingerprint density at radius 3 is 2.43 bits per heavy atom. The third kappa shape index (κ3) is 6.97. The van der Waals surface area contributed by atoms with Crippen LogP contribution in [-0.2, 0) is 11.8 Å². The highest BCUT2D eigenvalue weighted by atomic mass is 35.5. The predicted molar refractivity (Wildman–Crippen MR) is 155 cm³/mol. The van der Waals surface area contributed by atoms with Crippen molar-refractivity contribution in [1.82, 2.24) is 34.7 Å². The maximum Gasteiger partial charge on any atom is 0.415 e. The molecule has 1 N–H and O–H groups in total. The Balaban J connectivity index is 1.30. The van der Waals surface area contributed by atoms with Gasteiger partial charge in [-0.1, -0.05) is 11.6 Å². The number of carbonyl (C=O) groups excluding carboxylic acids is 1. The number of rotatable bonds is 9. The van der Waals surface area contributed by atoms with Crippen molar-refractivity contribution in [2.24, 2.45) is 7.05 Å². The van der Waals surface area contributed by atoms with Gasteiger partial charge in [0.25, 0.3) is 6.43 Å². The predicted octanol–water partition coefficient (Wildman–Crippen LogP) is 4.89. The molecule has 0 saturated heterocycles. The minimum absolute atomic E-state index is 0.0596. The number of carbonyl (C=O) groups is 1. The zero-order chi connectivity index (χ0) is 31.2. The first kappa shape index (κ1) is 30.5. The topological polar surface area (TPSA) is 157 Å². The summed E-state index contributed by atoms with van der Waals surface area (Å²) in [6.07, 6.45) is 6.28. The molecule has 0 unspecified atom stereocenters. The fourth-order valence-electron chi connectivity index (χ4n) is 4.90. The summed E-state index contributed by atoms with van der Waals surface area (Å²) in [5.74, 6) is 0.572. The largest absolute Gasteiger partial charge is 0.467 e. The van der Waals surface area contributed by atoms with Crippen LogP contribution in [0.4, 0.5) is 25.3 Å². The van der Waals surface area contributed by atoms with Crippen LogP contribution in [0.15, 0.2) is 43.1 Å². The molecule has 4 aromatic heterocycles. The van der Waals surface area contributed by atoms with Crippen molar-refractivity contribution in [3.8, 4) is 34.6 Å². The van der Waals surface area contributed by atoms with Crippen molar-refractivity contribution in [2.75, 3.05) is 23.9 Å². The van der Waals surface area contributed by atoms with Crippen LogP contribution in [0.1, 0.15) is 31.2 Å². The summed E-state index contributed by atoms with van der Waals surface area (Å²) in [5, 5.41) is 17.5. The summed E-state index contributed by atoms with van der Waals surface area (Å²) in [6.45, 7) is -1.02. The Morgan fingerprint density at radius 1 is 1.11 bits per heavy atom. The van der Waals surface area contributed by atoms with Crippen LogP contribution in [0, 0.1) is 11.3 Å². The quantitative estimate of drug-likeness (QED) is 0.270. The fraction of sp³-hybridized carbons (Fsp3) is 0.357. The second kappa shape index (κ2) is 13.6. The summed E-state index contributed by atoms with van der Waals surface area (Å²) in [6, 6.07) is 5.24. The first-order valence-electron chi connectivity index (χ1n) is 13.6. The van der Waals surface area contributed by atoms with Gasteiger partial charge < -0.3 is 14.8 Å². The number of aromatic nitrogens is 7. The summed E-state index contributed by atoms with van der Waals surface area (Å²) < 4.78 is 37.2. The van der Waals surface area contributed by atoms with Gasteiger partial charge in [0.15, 0.2) is 6.61 Å². The van der Waals surface area contributed by atoms with E-state index in [0.29, 0.717) is 59.2 Å².